The monoisotopic (exact) mass is 417 g/mol. The summed E-state index contributed by atoms with van der Waals surface area (Å²) in [5, 5.41) is 10.1. The number of benzene rings is 1. The molecule has 1 aromatic rings. The minimum Gasteiger partial charge on any atom is -0.493 e. The predicted molar refractivity (Wildman–Crippen MR) is 119 cm³/mol. The molecule has 5 heteroatoms. The Balaban J connectivity index is 1.69. The summed E-state index contributed by atoms with van der Waals surface area (Å²) >= 11 is 0. The van der Waals surface area contributed by atoms with E-state index >= 15 is 0 Å². The third-order valence-electron chi connectivity index (χ3n) is 6.76. The zero-order valence-corrected chi connectivity index (χ0v) is 19.2. The highest BCUT2D eigenvalue weighted by molar-refractivity contribution is 7.85. The molecule has 2 saturated carbocycles. The summed E-state index contributed by atoms with van der Waals surface area (Å²) in [7, 11) is -1.23. The van der Waals surface area contributed by atoms with Gasteiger partial charge in [-0.2, -0.15) is 4.40 Å². The lowest BCUT2D eigenvalue weighted by atomic mass is 9.63. The van der Waals surface area contributed by atoms with Crippen molar-refractivity contribution in [3.05, 3.63) is 29.3 Å². The normalized spacial score (nSPS) is 33.5. The summed E-state index contributed by atoms with van der Waals surface area (Å²) in [5.74, 6) is 2.05. The van der Waals surface area contributed by atoms with Crippen LogP contribution in [-0.2, 0) is 17.4 Å². The molecule has 0 amide bonds. The first kappa shape index (κ1) is 21.0. The highest BCUT2D eigenvalue weighted by Crippen LogP contribution is 2.65. The van der Waals surface area contributed by atoms with Crippen molar-refractivity contribution in [3.63, 3.8) is 0 Å². The summed E-state index contributed by atoms with van der Waals surface area (Å²) < 4.78 is 23.2. The maximum Gasteiger partial charge on any atom is 0.144 e. The van der Waals surface area contributed by atoms with E-state index in [9.17, 15) is 9.32 Å². The van der Waals surface area contributed by atoms with Crippen LogP contribution in [0.25, 0.3) is 0 Å². The van der Waals surface area contributed by atoms with Gasteiger partial charge in [-0.1, -0.05) is 19.9 Å². The summed E-state index contributed by atoms with van der Waals surface area (Å²) in [6.45, 7) is 11.0. The molecule has 4 rings (SSSR count). The van der Waals surface area contributed by atoms with Crippen LogP contribution in [0.15, 0.2) is 22.6 Å². The average molecular weight is 418 g/mol. The van der Waals surface area contributed by atoms with Crippen molar-refractivity contribution in [1.82, 2.24) is 0 Å². The van der Waals surface area contributed by atoms with Gasteiger partial charge in [0.1, 0.15) is 16.7 Å². The smallest absolute Gasteiger partial charge is 0.144 e. The Labute approximate surface area is 177 Å². The van der Waals surface area contributed by atoms with E-state index in [4.69, 9.17) is 9.13 Å². The molecule has 3 atom stereocenters. The van der Waals surface area contributed by atoms with Gasteiger partial charge in [0.25, 0.3) is 0 Å². The van der Waals surface area contributed by atoms with Gasteiger partial charge in [0, 0.05) is 17.5 Å². The van der Waals surface area contributed by atoms with Crippen molar-refractivity contribution in [2.45, 2.75) is 83.5 Å². The lowest BCUT2D eigenvalue weighted by molar-refractivity contribution is 0.0491. The number of aliphatic hydroxyl groups is 1. The van der Waals surface area contributed by atoms with Crippen LogP contribution in [-0.4, -0.2) is 32.5 Å². The molecule has 3 aliphatic rings. The fourth-order valence-corrected chi connectivity index (χ4v) is 5.83. The van der Waals surface area contributed by atoms with Crippen molar-refractivity contribution in [3.8, 4) is 5.75 Å². The third-order valence-corrected chi connectivity index (χ3v) is 8.19. The molecule has 0 heterocycles. The Morgan fingerprint density at radius 1 is 1.28 bits per heavy atom. The van der Waals surface area contributed by atoms with Crippen LogP contribution < -0.4 is 4.74 Å². The molecule has 29 heavy (non-hydrogen) atoms. The maximum atomic E-state index is 12.8. The first-order valence-electron chi connectivity index (χ1n) is 11.0. The van der Waals surface area contributed by atoms with Crippen LogP contribution in [0.1, 0.15) is 77.3 Å². The second-order valence-electron chi connectivity index (χ2n) is 10.7. The number of hydrogen-bond acceptors (Lipinski definition) is 3. The van der Waals surface area contributed by atoms with Crippen LogP contribution >= 0.6 is 0 Å². The molecule has 0 bridgehead atoms. The molecule has 0 radical (unpaired) electrons. The largest absolute Gasteiger partial charge is 0.493 e. The standard InChI is InChI=1S/C24H35NO3S/c1-15(2)14-28-18-7-6-16-13-24(10-8-17(26)9-11-24)21-20(19(16)12-18)22(21)25-29(27)23(3,4)5/h6-7,12,15,17,20-21,26H,8-11,13-14H2,1-5H3. The van der Waals surface area contributed by atoms with Gasteiger partial charge in [-0.3, -0.25) is 0 Å². The highest BCUT2D eigenvalue weighted by Gasteiger charge is 2.63. The van der Waals surface area contributed by atoms with E-state index in [0.29, 0.717) is 18.4 Å². The lowest BCUT2D eigenvalue weighted by Crippen LogP contribution is -2.36. The van der Waals surface area contributed by atoms with E-state index in [1.165, 1.54) is 11.1 Å². The van der Waals surface area contributed by atoms with Crippen molar-refractivity contribution >= 4 is 16.7 Å². The van der Waals surface area contributed by atoms with Gasteiger partial charge < -0.3 is 9.84 Å². The number of ether oxygens (including phenoxy) is 1. The molecule has 0 aromatic heterocycles. The van der Waals surface area contributed by atoms with Gasteiger partial charge in [-0.15, -0.1) is 0 Å². The fraction of sp³-hybridized carbons (Fsp3) is 0.708. The van der Waals surface area contributed by atoms with Gasteiger partial charge in [0.05, 0.1) is 17.5 Å². The average Bonchev–Trinajstić information content (AvgIpc) is 3.37. The molecule has 1 N–H and O–H groups in total. The molecule has 3 aliphatic carbocycles. The van der Waals surface area contributed by atoms with Crippen molar-refractivity contribution in [1.29, 1.82) is 0 Å². The van der Waals surface area contributed by atoms with E-state index < -0.39 is 11.0 Å². The van der Waals surface area contributed by atoms with Crippen molar-refractivity contribution in [2.75, 3.05) is 6.61 Å². The van der Waals surface area contributed by atoms with Gasteiger partial charge in [-0.05, 0) is 87.5 Å². The zero-order chi connectivity index (χ0) is 21.0. The van der Waals surface area contributed by atoms with E-state index in [1.807, 2.05) is 20.8 Å². The van der Waals surface area contributed by atoms with Crippen LogP contribution in [0.4, 0.5) is 0 Å². The Hall–Kier alpha value is -1.20. The maximum absolute atomic E-state index is 12.8. The van der Waals surface area contributed by atoms with Crippen molar-refractivity contribution < 1.29 is 14.1 Å². The quantitative estimate of drug-likeness (QED) is 0.764. The van der Waals surface area contributed by atoms with Gasteiger partial charge in [0.2, 0.25) is 0 Å². The van der Waals surface area contributed by atoms with Crippen LogP contribution in [0.3, 0.4) is 0 Å². The molecule has 1 spiro atoms. The van der Waals surface area contributed by atoms with Crippen LogP contribution in [0, 0.1) is 17.3 Å². The number of fused-ring (bicyclic) bond motifs is 4. The summed E-state index contributed by atoms with van der Waals surface area (Å²) in [6, 6.07) is 6.52. The third kappa shape index (κ3) is 4.05. The summed E-state index contributed by atoms with van der Waals surface area (Å²) in [6.07, 6.45) is 4.65. The molecule has 0 aliphatic heterocycles. The second kappa shape index (κ2) is 7.49. The summed E-state index contributed by atoms with van der Waals surface area (Å²) in [5.41, 5.74) is 3.98. The van der Waals surface area contributed by atoms with Crippen LogP contribution in [0.5, 0.6) is 5.75 Å². The van der Waals surface area contributed by atoms with E-state index in [1.54, 1.807) is 0 Å². The van der Waals surface area contributed by atoms with E-state index in [0.717, 1.165) is 43.6 Å². The van der Waals surface area contributed by atoms with Crippen molar-refractivity contribution in [2.24, 2.45) is 21.6 Å². The Bertz CT molecular complexity index is 831. The lowest BCUT2D eigenvalue weighted by Gasteiger charge is -2.42. The van der Waals surface area contributed by atoms with Crippen LogP contribution in [0.2, 0.25) is 0 Å². The molecular formula is C24H35NO3S. The highest BCUT2D eigenvalue weighted by atomic mass is 32.2. The Morgan fingerprint density at radius 2 is 1.97 bits per heavy atom. The summed E-state index contributed by atoms with van der Waals surface area (Å²) in [4.78, 5) is 0. The van der Waals surface area contributed by atoms with E-state index in [-0.39, 0.29) is 22.2 Å². The fourth-order valence-electron chi connectivity index (χ4n) is 5.13. The predicted octanol–water partition coefficient (Wildman–Crippen LogP) is 4.82. The minimum atomic E-state index is -1.23. The Kier molecular flexibility index (Phi) is 5.44. The Morgan fingerprint density at radius 3 is 2.59 bits per heavy atom. The first-order chi connectivity index (χ1) is 13.6. The zero-order valence-electron chi connectivity index (χ0n) is 18.4. The van der Waals surface area contributed by atoms with Gasteiger partial charge in [-0.25, -0.2) is 4.21 Å². The van der Waals surface area contributed by atoms with E-state index in [2.05, 4.69) is 32.0 Å². The molecular weight excluding hydrogens is 382 g/mol. The molecule has 2 fully saturated rings. The topological polar surface area (TPSA) is 58.9 Å². The first-order valence-corrected chi connectivity index (χ1v) is 12.2. The molecule has 1 aromatic carbocycles. The molecule has 0 saturated heterocycles. The molecule has 4 nitrogen and oxygen atoms in total. The molecule has 160 valence electrons. The number of hydrogen-bond donors (Lipinski definition) is 1. The number of rotatable bonds is 4. The number of aliphatic hydroxyl groups excluding tert-OH is 1. The van der Waals surface area contributed by atoms with Gasteiger partial charge >= 0.3 is 0 Å². The number of nitrogens with zero attached hydrogens (tertiary/aromatic N) is 1. The second-order valence-corrected chi connectivity index (χ2v) is 12.6. The minimum absolute atomic E-state index is 0.165. The van der Waals surface area contributed by atoms with Gasteiger partial charge in [0.15, 0.2) is 0 Å². The molecule has 3 unspecified atom stereocenters. The SMILES string of the molecule is CC(C)COc1ccc2c(c1)C1C(=NS(=O)C(C)(C)C)C1C1(CCC(O)CC1)C2.